The quantitative estimate of drug-likeness (QED) is 0.918. The first-order valence-electron chi connectivity index (χ1n) is 6.45. The predicted octanol–water partition coefficient (Wildman–Crippen LogP) is 3.85. The lowest BCUT2D eigenvalue weighted by atomic mass is 10.1. The van der Waals surface area contributed by atoms with Crippen molar-refractivity contribution in [2.75, 3.05) is 11.4 Å². The number of benzene rings is 1. The van der Waals surface area contributed by atoms with Crippen LogP contribution in [-0.4, -0.2) is 12.6 Å². The van der Waals surface area contributed by atoms with Gasteiger partial charge in [-0.2, -0.15) is 0 Å². The van der Waals surface area contributed by atoms with Gasteiger partial charge in [0.05, 0.1) is 0 Å². The fraction of sp³-hybridized carbons (Fsp3) is 0.571. The third kappa shape index (κ3) is 2.66. The fourth-order valence-corrected chi connectivity index (χ4v) is 3.39. The summed E-state index contributed by atoms with van der Waals surface area (Å²) in [5.41, 5.74) is 8.43. The van der Waals surface area contributed by atoms with E-state index in [4.69, 9.17) is 5.73 Å². The van der Waals surface area contributed by atoms with Gasteiger partial charge in [-0.3, -0.25) is 0 Å². The Hall–Kier alpha value is -0.540. The van der Waals surface area contributed by atoms with Gasteiger partial charge in [-0.25, -0.2) is 0 Å². The highest BCUT2D eigenvalue weighted by molar-refractivity contribution is 9.10. The molecule has 1 aromatic rings. The van der Waals surface area contributed by atoms with E-state index in [1.807, 2.05) is 6.92 Å². The highest BCUT2D eigenvalue weighted by Gasteiger charge is 2.23. The number of halogens is 1. The zero-order valence-corrected chi connectivity index (χ0v) is 12.2. The maximum absolute atomic E-state index is 5.93. The second-order valence-corrected chi connectivity index (χ2v) is 5.75. The molecule has 0 amide bonds. The molecule has 0 saturated carbocycles. The van der Waals surface area contributed by atoms with E-state index in [-0.39, 0.29) is 6.04 Å². The summed E-state index contributed by atoms with van der Waals surface area (Å²) in [4.78, 5) is 2.52. The SMILES string of the molecule is CCC1CCCN1c1ccc(C(C)N)c(Br)c1. The van der Waals surface area contributed by atoms with Gasteiger partial charge in [-0.05, 0) is 43.9 Å². The molecule has 1 fully saturated rings. The molecule has 2 atom stereocenters. The van der Waals surface area contributed by atoms with Crippen molar-refractivity contribution in [3.63, 3.8) is 0 Å². The van der Waals surface area contributed by atoms with Crippen molar-refractivity contribution in [1.29, 1.82) is 0 Å². The Kier molecular flexibility index (Phi) is 4.10. The molecule has 0 radical (unpaired) electrons. The van der Waals surface area contributed by atoms with Crippen molar-refractivity contribution in [3.8, 4) is 0 Å². The lowest BCUT2D eigenvalue weighted by Gasteiger charge is -2.26. The first kappa shape index (κ1) is 12.9. The summed E-state index contributed by atoms with van der Waals surface area (Å²) in [5, 5.41) is 0. The summed E-state index contributed by atoms with van der Waals surface area (Å²) in [6.07, 6.45) is 3.86. The van der Waals surface area contributed by atoms with Crippen LogP contribution in [0.3, 0.4) is 0 Å². The van der Waals surface area contributed by atoms with E-state index in [1.54, 1.807) is 0 Å². The molecular formula is C14H21BrN2. The van der Waals surface area contributed by atoms with Crippen LogP contribution in [0.5, 0.6) is 0 Å². The van der Waals surface area contributed by atoms with Gasteiger partial charge in [-0.15, -0.1) is 0 Å². The fourth-order valence-electron chi connectivity index (χ4n) is 2.66. The van der Waals surface area contributed by atoms with E-state index in [1.165, 1.54) is 37.1 Å². The molecule has 1 heterocycles. The second kappa shape index (κ2) is 5.40. The number of nitrogens with zero attached hydrogens (tertiary/aromatic N) is 1. The predicted molar refractivity (Wildman–Crippen MR) is 77.4 cm³/mol. The zero-order valence-electron chi connectivity index (χ0n) is 10.6. The summed E-state index contributed by atoms with van der Waals surface area (Å²) in [7, 11) is 0. The average Bonchev–Trinajstić information content (AvgIpc) is 2.76. The third-order valence-corrected chi connectivity index (χ3v) is 4.34. The van der Waals surface area contributed by atoms with E-state index >= 15 is 0 Å². The Morgan fingerprint density at radius 1 is 1.53 bits per heavy atom. The number of rotatable bonds is 3. The molecule has 0 spiro atoms. The maximum atomic E-state index is 5.93. The van der Waals surface area contributed by atoms with Crippen LogP contribution >= 0.6 is 15.9 Å². The van der Waals surface area contributed by atoms with Gasteiger partial charge >= 0.3 is 0 Å². The van der Waals surface area contributed by atoms with Gasteiger partial charge in [0.1, 0.15) is 0 Å². The highest BCUT2D eigenvalue weighted by atomic mass is 79.9. The second-order valence-electron chi connectivity index (χ2n) is 4.89. The van der Waals surface area contributed by atoms with Crippen molar-refractivity contribution in [2.24, 2.45) is 5.73 Å². The van der Waals surface area contributed by atoms with Crippen molar-refractivity contribution in [3.05, 3.63) is 28.2 Å². The molecule has 94 valence electrons. The molecule has 2 rings (SSSR count). The largest absolute Gasteiger partial charge is 0.369 e. The minimum Gasteiger partial charge on any atom is -0.369 e. The third-order valence-electron chi connectivity index (χ3n) is 3.65. The van der Waals surface area contributed by atoms with Crippen LogP contribution in [0.2, 0.25) is 0 Å². The monoisotopic (exact) mass is 296 g/mol. The van der Waals surface area contributed by atoms with Crippen LogP contribution in [-0.2, 0) is 0 Å². The molecule has 1 aliphatic rings. The molecule has 0 aliphatic carbocycles. The lowest BCUT2D eigenvalue weighted by molar-refractivity contribution is 0.645. The molecule has 2 N–H and O–H groups in total. The van der Waals surface area contributed by atoms with Gasteiger partial charge in [-0.1, -0.05) is 28.9 Å². The van der Waals surface area contributed by atoms with Crippen molar-refractivity contribution in [2.45, 2.75) is 45.2 Å². The Morgan fingerprint density at radius 2 is 2.29 bits per heavy atom. The summed E-state index contributed by atoms with van der Waals surface area (Å²) in [6, 6.07) is 7.36. The molecule has 0 aromatic heterocycles. The van der Waals surface area contributed by atoms with Crippen molar-refractivity contribution < 1.29 is 0 Å². The summed E-state index contributed by atoms with van der Waals surface area (Å²) < 4.78 is 1.13. The molecule has 17 heavy (non-hydrogen) atoms. The number of nitrogens with two attached hydrogens (primary N) is 1. The summed E-state index contributed by atoms with van der Waals surface area (Å²) >= 11 is 3.63. The number of hydrogen-bond donors (Lipinski definition) is 1. The first-order valence-corrected chi connectivity index (χ1v) is 7.24. The van der Waals surface area contributed by atoms with Gasteiger partial charge < -0.3 is 10.6 Å². The van der Waals surface area contributed by atoms with Crippen LogP contribution in [0.25, 0.3) is 0 Å². The molecule has 0 bridgehead atoms. The first-order chi connectivity index (χ1) is 8.13. The van der Waals surface area contributed by atoms with Gasteiger partial charge in [0.25, 0.3) is 0 Å². The van der Waals surface area contributed by atoms with Gasteiger partial charge in [0.15, 0.2) is 0 Å². The van der Waals surface area contributed by atoms with E-state index in [9.17, 15) is 0 Å². The molecule has 2 unspecified atom stereocenters. The van der Waals surface area contributed by atoms with Crippen molar-refractivity contribution >= 4 is 21.6 Å². The highest BCUT2D eigenvalue weighted by Crippen LogP contribution is 2.32. The normalized spacial score (nSPS) is 21.9. The summed E-state index contributed by atoms with van der Waals surface area (Å²) in [5.74, 6) is 0. The van der Waals surface area contributed by atoms with Gasteiger partial charge in [0.2, 0.25) is 0 Å². The minimum atomic E-state index is 0.0824. The van der Waals surface area contributed by atoms with Crippen LogP contribution in [0.4, 0.5) is 5.69 Å². The smallest absolute Gasteiger partial charge is 0.0380 e. The number of anilines is 1. The van der Waals surface area contributed by atoms with Crippen LogP contribution in [0, 0.1) is 0 Å². The average molecular weight is 297 g/mol. The Balaban J connectivity index is 2.25. The standard InChI is InChI=1S/C14H21BrN2/c1-3-11-5-4-8-17(11)12-6-7-13(10(2)16)14(15)9-12/h6-7,9-11H,3-5,8,16H2,1-2H3. The molecular weight excluding hydrogens is 276 g/mol. The lowest BCUT2D eigenvalue weighted by Crippen LogP contribution is -2.28. The Labute approximate surface area is 112 Å². The van der Waals surface area contributed by atoms with E-state index < -0.39 is 0 Å². The molecule has 3 heteroatoms. The maximum Gasteiger partial charge on any atom is 0.0380 e. The van der Waals surface area contributed by atoms with E-state index in [0.717, 1.165) is 4.47 Å². The van der Waals surface area contributed by atoms with Crippen molar-refractivity contribution in [1.82, 2.24) is 0 Å². The molecule has 1 aliphatic heterocycles. The zero-order chi connectivity index (χ0) is 12.4. The van der Waals surface area contributed by atoms with Gasteiger partial charge in [0, 0.05) is 28.8 Å². The Bertz CT molecular complexity index is 390. The topological polar surface area (TPSA) is 29.3 Å². The van der Waals surface area contributed by atoms with E-state index in [2.05, 4.69) is 46.0 Å². The summed E-state index contributed by atoms with van der Waals surface area (Å²) in [6.45, 7) is 5.47. The minimum absolute atomic E-state index is 0.0824. The Morgan fingerprint density at radius 3 is 2.88 bits per heavy atom. The van der Waals surface area contributed by atoms with E-state index in [0.29, 0.717) is 6.04 Å². The van der Waals surface area contributed by atoms with Crippen LogP contribution in [0.1, 0.15) is 44.7 Å². The molecule has 1 aromatic carbocycles. The molecule has 1 saturated heterocycles. The van der Waals surface area contributed by atoms with Crippen LogP contribution < -0.4 is 10.6 Å². The van der Waals surface area contributed by atoms with Crippen LogP contribution in [0.15, 0.2) is 22.7 Å². The number of hydrogen-bond acceptors (Lipinski definition) is 2. The molecule has 2 nitrogen and oxygen atoms in total.